The Morgan fingerprint density at radius 2 is 1.63 bits per heavy atom. The molecule has 1 aromatic carbocycles. The van der Waals surface area contributed by atoms with Gasteiger partial charge in [-0.3, -0.25) is 0 Å². The molecule has 1 aromatic heterocycles. The van der Waals surface area contributed by atoms with E-state index in [1.54, 1.807) is 0 Å². The summed E-state index contributed by atoms with van der Waals surface area (Å²) in [5.74, 6) is 1.83. The predicted octanol–water partition coefficient (Wildman–Crippen LogP) is 4.52. The highest BCUT2D eigenvalue weighted by atomic mass is 35.5. The first-order chi connectivity index (χ1) is 8.82. The fourth-order valence-corrected chi connectivity index (χ4v) is 2.78. The van der Waals surface area contributed by atoms with Crippen LogP contribution in [0.3, 0.4) is 0 Å². The summed E-state index contributed by atoms with van der Waals surface area (Å²) in [5.41, 5.74) is 11.9. The molecule has 1 heterocycles. The van der Waals surface area contributed by atoms with Crippen molar-refractivity contribution >= 4 is 11.6 Å². The van der Waals surface area contributed by atoms with Gasteiger partial charge in [-0.15, -0.1) is 0 Å². The Bertz CT molecular complexity index is 628. The molecule has 0 aliphatic rings. The second-order valence-electron chi connectivity index (χ2n) is 5.19. The van der Waals surface area contributed by atoms with E-state index in [0.717, 1.165) is 44.4 Å². The molecular weight excluding hydrogens is 258 g/mol. The number of benzene rings is 1. The first-order valence-corrected chi connectivity index (χ1v) is 6.79. The second kappa shape index (κ2) is 5.03. The Morgan fingerprint density at radius 1 is 1.00 bits per heavy atom. The van der Waals surface area contributed by atoms with Gasteiger partial charge < -0.3 is 10.2 Å². The minimum absolute atomic E-state index is 0.173. The van der Waals surface area contributed by atoms with Crippen molar-refractivity contribution < 1.29 is 4.42 Å². The molecule has 0 radical (unpaired) electrons. The minimum Gasteiger partial charge on any atom is -0.466 e. The number of furan rings is 1. The lowest BCUT2D eigenvalue weighted by atomic mass is 9.92. The minimum atomic E-state index is -0.173. The Morgan fingerprint density at radius 3 is 2.16 bits per heavy atom. The molecule has 2 aromatic rings. The highest BCUT2D eigenvalue weighted by molar-refractivity contribution is 6.31. The topological polar surface area (TPSA) is 39.2 Å². The molecule has 1 unspecified atom stereocenters. The van der Waals surface area contributed by atoms with E-state index in [2.05, 4.69) is 13.0 Å². The average Bonchev–Trinajstić information content (AvgIpc) is 2.57. The van der Waals surface area contributed by atoms with Gasteiger partial charge in [0.25, 0.3) is 0 Å². The van der Waals surface area contributed by atoms with E-state index in [1.165, 1.54) is 0 Å². The lowest BCUT2D eigenvalue weighted by Gasteiger charge is -2.17. The molecule has 102 valence electrons. The maximum atomic E-state index is 6.45. The van der Waals surface area contributed by atoms with Crippen LogP contribution in [-0.2, 0) is 0 Å². The van der Waals surface area contributed by atoms with Crippen molar-refractivity contribution in [1.82, 2.24) is 0 Å². The third-order valence-electron chi connectivity index (χ3n) is 3.81. The van der Waals surface area contributed by atoms with Crippen LogP contribution < -0.4 is 5.73 Å². The van der Waals surface area contributed by atoms with Crippen LogP contribution in [0.4, 0.5) is 0 Å². The maximum absolute atomic E-state index is 6.45. The van der Waals surface area contributed by atoms with E-state index in [9.17, 15) is 0 Å². The summed E-state index contributed by atoms with van der Waals surface area (Å²) in [5, 5.41) is 0.783. The summed E-state index contributed by atoms with van der Waals surface area (Å²) in [6, 6.07) is 3.88. The fraction of sp³-hybridized carbons (Fsp3) is 0.375. The Labute approximate surface area is 119 Å². The first kappa shape index (κ1) is 14.2. The van der Waals surface area contributed by atoms with E-state index in [1.807, 2.05) is 33.8 Å². The molecule has 2 N–H and O–H groups in total. The molecule has 0 amide bonds. The molecule has 0 aliphatic heterocycles. The maximum Gasteiger partial charge on any atom is 0.106 e. The van der Waals surface area contributed by atoms with Gasteiger partial charge in [-0.25, -0.2) is 0 Å². The number of rotatable bonds is 2. The zero-order valence-corrected chi connectivity index (χ0v) is 12.9. The zero-order chi connectivity index (χ0) is 14.3. The van der Waals surface area contributed by atoms with Crippen molar-refractivity contribution in [2.45, 2.75) is 40.7 Å². The van der Waals surface area contributed by atoms with Crippen LogP contribution in [0, 0.1) is 34.6 Å². The van der Waals surface area contributed by atoms with Crippen LogP contribution in [-0.4, -0.2) is 0 Å². The number of aryl methyl sites for hydroxylation is 4. The van der Waals surface area contributed by atoms with Gasteiger partial charge in [0, 0.05) is 10.6 Å². The number of halogens is 1. The molecule has 3 heteroatoms. The standard InChI is InChI=1S/C16H20ClNO/c1-8-7-14(17)9(2)6-13(8)16(18)15-10(3)11(4)19-12(15)5/h6-7,16H,18H2,1-5H3. The van der Waals surface area contributed by atoms with Crippen molar-refractivity contribution in [2.75, 3.05) is 0 Å². The van der Waals surface area contributed by atoms with Crippen molar-refractivity contribution in [3.05, 3.63) is 56.5 Å². The zero-order valence-electron chi connectivity index (χ0n) is 12.1. The van der Waals surface area contributed by atoms with Gasteiger partial charge >= 0.3 is 0 Å². The summed E-state index contributed by atoms with van der Waals surface area (Å²) < 4.78 is 5.68. The summed E-state index contributed by atoms with van der Waals surface area (Å²) in [6.45, 7) is 10.0. The number of hydrogen-bond acceptors (Lipinski definition) is 2. The number of hydrogen-bond donors (Lipinski definition) is 1. The van der Waals surface area contributed by atoms with Crippen LogP contribution in [0.25, 0.3) is 0 Å². The molecule has 0 fully saturated rings. The molecule has 2 rings (SSSR count). The summed E-state index contributed by atoms with van der Waals surface area (Å²) >= 11 is 6.14. The van der Waals surface area contributed by atoms with Gasteiger partial charge in [-0.2, -0.15) is 0 Å². The molecule has 19 heavy (non-hydrogen) atoms. The lowest BCUT2D eigenvalue weighted by molar-refractivity contribution is 0.498. The van der Waals surface area contributed by atoms with Crippen molar-refractivity contribution in [2.24, 2.45) is 5.73 Å². The highest BCUT2D eigenvalue weighted by Gasteiger charge is 2.21. The monoisotopic (exact) mass is 277 g/mol. The predicted molar refractivity (Wildman–Crippen MR) is 79.9 cm³/mol. The van der Waals surface area contributed by atoms with Crippen LogP contribution >= 0.6 is 11.6 Å². The van der Waals surface area contributed by atoms with Gasteiger partial charge in [-0.05, 0) is 62.9 Å². The van der Waals surface area contributed by atoms with E-state index in [4.69, 9.17) is 21.8 Å². The lowest BCUT2D eigenvalue weighted by Crippen LogP contribution is -2.15. The first-order valence-electron chi connectivity index (χ1n) is 6.41. The number of nitrogens with two attached hydrogens (primary N) is 1. The van der Waals surface area contributed by atoms with Gasteiger partial charge in [-0.1, -0.05) is 17.7 Å². The smallest absolute Gasteiger partial charge is 0.106 e. The molecule has 2 nitrogen and oxygen atoms in total. The van der Waals surface area contributed by atoms with Crippen LogP contribution in [0.15, 0.2) is 16.5 Å². The third-order valence-corrected chi connectivity index (χ3v) is 4.22. The van der Waals surface area contributed by atoms with Crippen molar-refractivity contribution in [3.8, 4) is 0 Å². The van der Waals surface area contributed by atoms with E-state index in [0.29, 0.717) is 0 Å². The van der Waals surface area contributed by atoms with Gasteiger partial charge in [0.05, 0.1) is 6.04 Å². The van der Waals surface area contributed by atoms with Crippen molar-refractivity contribution in [3.63, 3.8) is 0 Å². The summed E-state index contributed by atoms with van der Waals surface area (Å²) in [6.07, 6.45) is 0. The van der Waals surface area contributed by atoms with Crippen LogP contribution in [0.1, 0.15) is 45.4 Å². The van der Waals surface area contributed by atoms with E-state index in [-0.39, 0.29) is 6.04 Å². The van der Waals surface area contributed by atoms with Gasteiger partial charge in [0.1, 0.15) is 11.5 Å². The second-order valence-corrected chi connectivity index (χ2v) is 5.60. The summed E-state index contributed by atoms with van der Waals surface area (Å²) in [4.78, 5) is 0. The molecular formula is C16H20ClNO. The molecule has 0 bridgehead atoms. The highest BCUT2D eigenvalue weighted by Crippen LogP contribution is 2.33. The Hall–Kier alpha value is -1.25. The largest absolute Gasteiger partial charge is 0.466 e. The molecule has 0 saturated heterocycles. The SMILES string of the molecule is Cc1cc(C(N)c2c(C)oc(C)c2C)c(C)cc1Cl. The van der Waals surface area contributed by atoms with Gasteiger partial charge in [0.15, 0.2) is 0 Å². The normalized spacial score (nSPS) is 12.8. The molecule has 0 aliphatic carbocycles. The molecule has 1 atom stereocenters. The molecule has 0 saturated carbocycles. The summed E-state index contributed by atoms with van der Waals surface area (Å²) in [7, 11) is 0. The quantitative estimate of drug-likeness (QED) is 0.876. The van der Waals surface area contributed by atoms with E-state index >= 15 is 0 Å². The van der Waals surface area contributed by atoms with Crippen LogP contribution in [0.5, 0.6) is 0 Å². The van der Waals surface area contributed by atoms with Gasteiger partial charge in [0.2, 0.25) is 0 Å². The Kier molecular flexibility index (Phi) is 3.75. The van der Waals surface area contributed by atoms with E-state index < -0.39 is 0 Å². The average molecular weight is 278 g/mol. The molecule has 0 spiro atoms. The van der Waals surface area contributed by atoms with Crippen molar-refractivity contribution in [1.29, 1.82) is 0 Å². The van der Waals surface area contributed by atoms with Crippen LogP contribution in [0.2, 0.25) is 5.02 Å². The fourth-order valence-electron chi connectivity index (χ4n) is 2.56. The third kappa shape index (κ3) is 2.43. The Balaban J connectivity index is 2.56.